The van der Waals surface area contributed by atoms with Gasteiger partial charge in [-0.1, -0.05) is 21.1 Å². The number of nitrogens with zero attached hydrogens (tertiary/aromatic N) is 2. The number of rotatable bonds is 2. The van der Waals surface area contributed by atoms with Gasteiger partial charge in [-0.15, -0.1) is 12.4 Å². The molecule has 0 unspecified atom stereocenters. The average Bonchev–Trinajstić information content (AvgIpc) is 2.74. The Balaban J connectivity index is 0.00000133. The number of hydrogen-bond acceptors (Lipinski definition) is 4. The van der Waals surface area contributed by atoms with Crippen LogP contribution < -0.4 is 5.73 Å². The molecule has 1 aliphatic carbocycles. The quantitative estimate of drug-likeness (QED) is 0.903. The predicted octanol–water partition coefficient (Wildman–Crippen LogP) is 3.40. The summed E-state index contributed by atoms with van der Waals surface area (Å²) in [7, 11) is 0. The molecule has 1 fully saturated rings. The van der Waals surface area contributed by atoms with Gasteiger partial charge in [0.2, 0.25) is 0 Å². The lowest BCUT2D eigenvalue weighted by Crippen LogP contribution is -2.44. The smallest absolute Gasteiger partial charge is 0.258 e. The Morgan fingerprint density at radius 2 is 2.05 bits per heavy atom. The fourth-order valence-corrected chi connectivity index (χ4v) is 2.47. The van der Waals surface area contributed by atoms with E-state index in [1.54, 1.807) is 6.07 Å². The monoisotopic (exact) mass is 347 g/mol. The summed E-state index contributed by atoms with van der Waals surface area (Å²) in [5.74, 6) is 0.441. The van der Waals surface area contributed by atoms with E-state index in [1.807, 2.05) is 0 Å². The van der Waals surface area contributed by atoms with Gasteiger partial charge >= 0.3 is 0 Å². The van der Waals surface area contributed by atoms with Crippen LogP contribution in [0, 0.1) is 5.82 Å². The third-order valence-corrected chi connectivity index (χ3v) is 3.68. The molecule has 2 aromatic rings. The van der Waals surface area contributed by atoms with Crippen LogP contribution in [0.5, 0.6) is 0 Å². The molecule has 0 atom stereocenters. The second-order valence-corrected chi connectivity index (χ2v) is 5.51. The van der Waals surface area contributed by atoms with Gasteiger partial charge in [-0.3, -0.25) is 0 Å². The zero-order valence-electron chi connectivity index (χ0n) is 9.90. The normalized spacial score (nSPS) is 16.6. The number of aromatic nitrogens is 2. The van der Waals surface area contributed by atoms with Crippen LogP contribution in [-0.2, 0) is 5.54 Å². The summed E-state index contributed by atoms with van der Waals surface area (Å²) >= 11 is 3.23. The lowest BCUT2D eigenvalue weighted by Gasteiger charge is -2.34. The summed E-state index contributed by atoms with van der Waals surface area (Å²) in [6, 6.07) is 4.45. The summed E-state index contributed by atoms with van der Waals surface area (Å²) in [6.07, 6.45) is 2.80. The van der Waals surface area contributed by atoms with E-state index < -0.39 is 5.54 Å². The molecule has 0 amide bonds. The SMILES string of the molecule is Cl.NC1(c2noc(-c3cc(F)cc(Br)c3)n2)CCC1. The zero-order valence-corrected chi connectivity index (χ0v) is 12.3. The predicted molar refractivity (Wildman–Crippen MR) is 74.4 cm³/mol. The molecule has 102 valence electrons. The number of hydrogen-bond donors (Lipinski definition) is 1. The zero-order chi connectivity index (χ0) is 12.8. The molecule has 1 heterocycles. The molecule has 7 heteroatoms. The van der Waals surface area contributed by atoms with Gasteiger partial charge in [0.15, 0.2) is 5.82 Å². The summed E-state index contributed by atoms with van der Waals surface area (Å²) < 4.78 is 19.1. The van der Waals surface area contributed by atoms with Crippen LogP contribution in [0.3, 0.4) is 0 Å². The van der Waals surface area contributed by atoms with Crippen molar-refractivity contribution in [1.82, 2.24) is 10.1 Å². The van der Waals surface area contributed by atoms with Crippen LogP contribution in [0.4, 0.5) is 4.39 Å². The largest absolute Gasteiger partial charge is 0.334 e. The summed E-state index contributed by atoms with van der Waals surface area (Å²) in [5, 5.41) is 3.90. The first kappa shape index (κ1) is 14.4. The van der Waals surface area contributed by atoms with E-state index in [2.05, 4.69) is 26.1 Å². The highest BCUT2D eigenvalue weighted by Gasteiger charge is 2.39. The van der Waals surface area contributed by atoms with Gasteiger partial charge in [0.05, 0.1) is 5.54 Å². The van der Waals surface area contributed by atoms with Crippen molar-refractivity contribution in [2.45, 2.75) is 24.8 Å². The van der Waals surface area contributed by atoms with E-state index in [4.69, 9.17) is 10.3 Å². The van der Waals surface area contributed by atoms with Gasteiger partial charge in [-0.2, -0.15) is 4.98 Å². The third-order valence-electron chi connectivity index (χ3n) is 3.23. The second kappa shape index (κ2) is 5.19. The Morgan fingerprint density at radius 3 is 2.63 bits per heavy atom. The van der Waals surface area contributed by atoms with E-state index in [0.717, 1.165) is 19.3 Å². The van der Waals surface area contributed by atoms with E-state index in [0.29, 0.717) is 21.8 Å². The van der Waals surface area contributed by atoms with E-state index >= 15 is 0 Å². The molecule has 1 saturated carbocycles. The van der Waals surface area contributed by atoms with Crippen LogP contribution >= 0.6 is 28.3 Å². The lowest BCUT2D eigenvalue weighted by molar-refractivity contribution is 0.229. The molecule has 4 nitrogen and oxygen atoms in total. The van der Waals surface area contributed by atoms with Crippen molar-refractivity contribution in [2.75, 3.05) is 0 Å². The number of halogens is 3. The van der Waals surface area contributed by atoms with Gasteiger partial charge in [0.25, 0.3) is 5.89 Å². The Labute approximate surface area is 124 Å². The highest BCUT2D eigenvalue weighted by atomic mass is 79.9. The molecule has 0 saturated heterocycles. The molecule has 0 spiro atoms. The van der Waals surface area contributed by atoms with Crippen molar-refractivity contribution >= 4 is 28.3 Å². The van der Waals surface area contributed by atoms with Crippen molar-refractivity contribution in [2.24, 2.45) is 5.73 Å². The molecule has 3 rings (SSSR count). The van der Waals surface area contributed by atoms with Crippen molar-refractivity contribution in [3.63, 3.8) is 0 Å². The number of nitrogens with two attached hydrogens (primary N) is 1. The highest BCUT2D eigenvalue weighted by molar-refractivity contribution is 9.10. The van der Waals surface area contributed by atoms with Gasteiger partial charge in [0.1, 0.15) is 5.82 Å². The Hall–Kier alpha value is -0.980. The molecule has 19 heavy (non-hydrogen) atoms. The first-order valence-corrected chi connectivity index (χ1v) is 6.46. The van der Waals surface area contributed by atoms with Gasteiger partial charge < -0.3 is 10.3 Å². The van der Waals surface area contributed by atoms with E-state index in [-0.39, 0.29) is 18.2 Å². The lowest BCUT2D eigenvalue weighted by atomic mass is 9.77. The molecule has 0 aliphatic heterocycles. The molecule has 0 radical (unpaired) electrons. The molecule has 2 N–H and O–H groups in total. The van der Waals surface area contributed by atoms with E-state index in [1.165, 1.54) is 12.1 Å². The Kier molecular flexibility index (Phi) is 3.94. The summed E-state index contributed by atoms with van der Waals surface area (Å²) in [5.41, 5.74) is 6.19. The average molecular weight is 349 g/mol. The number of benzene rings is 1. The maximum Gasteiger partial charge on any atom is 0.258 e. The van der Waals surface area contributed by atoms with Crippen LogP contribution in [0.2, 0.25) is 0 Å². The standard InChI is InChI=1S/C12H11BrFN3O.ClH/c13-8-4-7(5-9(14)6-8)10-16-11(17-18-10)12(15)2-1-3-12;/h4-6H,1-3,15H2;1H. The molecular formula is C12H12BrClFN3O. The van der Waals surface area contributed by atoms with Crippen molar-refractivity contribution < 1.29 is 8.91 Å². The fraction of sp³-hybridized carbons (Fsp3) is 0.333. The van der Waals surface area contributed by atoms with Gasteiger partial charge in [-0.05, 0) is 37.5 Å². The van der Waals surface area contributed by atoms with Crippen molar-refractivity contribution in [1.29, 1.82) is 0 Å². The van der Waals surface area contributed by atoms with Gasteiger partial charge in [-0.25, -0.2) is 4.39 Å². The molecule has 1 aromatic heterocycles. The fourth-order valence-electron chi connectivity index (χ4n) is 2.00. The highest BCUT2D eigenvalue weighted by Crippen LogP contribution is 2.37. The van der Waals surface area contributed by atoms with Crippen LogP contribution in [0.25, 0.3) is 11.5 Å². The minimum Gasteiger partial charge on any atom is -0.334 e. The maximum atomic E-state index is 13.3. The summed E-state index contributed by atoms with van der Waals surface area (Å²) in [6.45, 7) is 0. The van der Waals surface area contributed by atoms with Crippen LogP contribution in [0.15, 0.2) is 27.2 Å². The third kappa shape index (κ3) is 2.66. The molecular weight excluding hydrogens is 337 g/mol. The van der Waals surface area contributed by atoms with Crippen molar-refractivity contribution in [3.05, 3.63) is 34.3 Å². The molecule has 0 bridgehead atoms. The van der Waals surface area contributed by atoms with E-state index in [9.17, 15) is 4.39 Å². The summed E-state index contributed by atoms with van der Waals surface area (Å²) in [4.78, 5) is 4.27. The topological polar surface area (TPSA) is 64.9 Å². The second-order valence-electron chi connectivity index (χ2n) is 4.59. The van der Waals surface area contributed by atoms with Crippen molar-refractivity contribution in [3.8, 4) is 11.5 Å². The first-order valence-electron chi connectivity index (χ1n) is 5.66. The minimum absolute atomic E-state index is 0. The van der Waals surface area contributed by atoms with Gasteiger partial charge in [0, 0.05) is 10.0 Å². The maximum absolute atomic E-state index is 13.3. The minimum atomic E-state index is -0.466. The Bertz CT molecular complexity index is 580. The van der Waals surface area contributed by atoms with Crippen LogP contribution in [0.1, 0.15) is 25.1 Å². The first-order chi connectivity index (χ1) is 8.57. The van der Waals surface area contributed by atoms with Crippen LogP contribution in [-0.4, -0.2) is 10.1 Å². The molecule has 1 aromatic carbocycles. The Morgan fingerprint density at radius 1 is 1.32 bits per heavy atom. The molecule has 1 aliphatic rings.